The summed E-state index contributed by atoms with van der Waals surface area (Å²) in [5.74, 6) is 2.57. The fourth-order valence-corrected chi connectivity index (χ4v) is 4.58. The van der Waals surface area contributed by atoms with Gasteiger partial charge in [-0.05, 0) is 34.1 Å². The zero-order valence-corrected chi connectivity index (χ0v) is 13.3. The molecule has 1 unspecified atom stereocenters. The predicted octanol–water partition coefficient (Wildman–Crippen LogP) is 1.51. The van der Waals surface area contributed by atoms with Gasteiger partial charge in [0.2, 0.25) is 0 Å². The molecule has 0 aliphatic carbocycles. The molecule has 2 rings (SSSR count). The van der Waals surface area contributed by atoms with Crippen LogP contribution in [0.1, 0.15) is 31.7 Å². The van der Waals surface area contributed by atoms with E-state index in [4.69, 9.17) is 0 Å². The Hall–Kier alpha value is -1.37. The molecule has 1 aliphatic heterocycles. The van der Waals surface area contributed by atoms with Crippen LogP contribution in [-0.2, 0) is 9.84 Å². The predicted molar refractivity (Wildman–Crippen MR) is 81.0 cm³/mol. The van der Waals surface area contributed by atoms with E-state index in [-0.39, 0.29) is 11.5 Å². The van der Waals surface area contributed by atoms with Crippen LogP contribution in [0.3, 0.4) is 0 Å². The second kappa shape index (κ2) is 5.20. The van der Waals surface area contributed by atoms with E-state index in [1.54, 1.807) is 0 Å². The van der Waals surface area contributed by atoms with Gasteiger partial charge in [-0.15, -0.1) is 0 Å². The van der Waals surface area contributed by atoms with Crippen molar-refractivity contribution in [2.24, 2.45) is 0 Å². The highest BCUT2D eigenvalue weighted by molar-refractivity contribution is 7.91. The van der Waals surface area contributed by atoms with Crippen LogP contribution in [0.25, 0.3) is 0 Å². The maximum Gasteiger partial charge on any atom is 0.152 e. The summed E-state index contributed by atoms with van der Waals surface area (Å²) in [4.78, 5) is 8.78. The summed E-state index contributed by atoms with van der Waals surface area (Å²) in [7, 11) is -2.94. The molecule has 1 aromatic rings. The van der Waals surface area contributed by atoms with E-state index in [0.717, 1.165) is 17.9 Å². The molecule has 0 bridgehead atoms. The molecule has 112 valence electrons. The molecule has 1 aliphatic rings. The standard InChI is InChI=1S/C13H22N4O2S/c1-5-14-11-9(2)12(16-10(3)15-11)17-13(4)6-7-20(18,19)8-13/h5-8H2,1-4H3,(H2,14,15,16,17). The Morgan fingerprint density at radius 1 is 1.25 bits per heavy atom. The number of hydrogen-bond acceptors (Lipinski definition) is 6. The molecule has 7 heteroatoms. The number of aromatic nitrogens is 2. The normalized spacial score (nSPS) is 24.6. The summed E-state index contributed by atoms with van der Waals surface area (Å²) < 4.78 is 23.3. The lowest BCUT2D eigenvalue weighted by atomic mass is 10.0. The molecule has 1 fully saturated rings. The van der Waals surface area contributed by atoms with E-state index >= 15 is 0 Å². The number of hydrogen-bond donors (Lipinski definition) is 2. The number of nitrogens with zero attached hydrogens (tertiary/aromatic N) is 2. The Kier molecular flexibility index (Phi) is 3.90. The molecule has 0 radical (unpaired) electrons. The minimum atomic E-state index is -2.94. The summed E-state index contributed by atoms with van der Waals surface area (Å²) >= 11 is 0. The Bertz CT molecular complexity index is 615. The van der Waals surface area contributed by atoms with Crippen molar-refractivity contribution in [3.63, 3.8) is 0 Å². The average molecular weight is 298 g/mol. The van der Waals surface area contributed by atoms with Crippen LogP contribution in [0, 0.1) is 13.8 Å². The van der Waals surface area contributed by atoms with Gasteiger partial charge in [0.1, 0.15) is 17.5 Å². The number of sulfone groups is 1. The zero-order chi connectivity index (χ0) is 15.0. The van der Waals surface area contributed by atoms with Gasteiger partial charge < -0.3 is 10.6 Å². The van der Waals surface area contributed by atoms with Crippen LogP contribution in [0.4, 0.5) is 11.6 Å². The first-order valence-corrected chi connectivity index (χ1v) is 8.64. The Morgan fingerprint density at radius 3 is 2.45 bits per heavy atom. The summed E-state index contributed by atoms with van der Waals surface area (Å²) in [6.07, 6.45) is 0.606. The molecule has 2 heterocycles. The highest BCUT2D eigenvalue weighted by atomic mass is 32.2. The first-order valence-electron chi connectivity index (χ1n) is 6.82. The maximum atomic E-state index is 11.7. The molecule has 20 heavy (non-hydrogen) atoms. The second-order valence-electron chi connectivity index (χ2n) is 5.65. The number of aryl methyl sites for hydroxylation is 1. The number of anilines is 2. The molecule has 1 atom stereocenters. The smallest absolute Gasteiger partial charge is 0.152 e. The van der Waals surface area contributed by atoms with E-state index in [1.807, 2.05) is 27.7 Å². The summed E-state index contributed by atoms with van der Waals surface area (Å²) in [5, 5.41) is 6.51. The summed E-state index contributed by atoms with van der Waals surface area (Å²) in [6, 6.07) is 0. The third-order valence-electron chi connectivity index (χ3n) is 3.53. The lowest BCUT2D eigenvalue weighted by Crippen LogP contribution is -2.36. The Morgan fingerprint density at radius 2 is 1.90 bits per heavy atom. The monoisotopic (exact) mass is 298 g/mol. The molecular weight excluding hydrogens is 276 g/mol. The quantitative estimate of drug-likeness (QED) is 0.876. The van der Waals surface area contributed by atoms with Crippen LogP contribution in [0.15, 0.2) is 0 Å². The van der Waals surface area contributed by atoms with Gasteiger partial charge in [-0.1, -0.05) is 0 Å². The van der Waals surface area contributed by atoms with Crippen molar-refractivity contribution in [1.29, 1.82) is 0 Å². The van der Waals surface area contributed by atoms with Gasteiger partial charge in [0.15, 0.2) is 9.84 Å². The highest BCUT2D eigenvalue weighted by Gasteiger charge is 2.39. The molecule has 0 aromatic carbocycles. The van der Waals surface area contributed by atoms with Crippen molar-refractivity contribution >= 4 is 21.5 Å². The molecule has 2 N–H and O–H groups in total. The molecule has 0 saturated carbocycles. The third-order valence-corrected chi connectivity index (χ3v) is 5.43. The first-order chi connectivity index (χ1) is 9.25. The summed E-state index contributed by atoms with van der Waals surface area (Å²) in [5.41, 5.74) is 0.469. The van der Waals surface area contributed by atoms with Crippen molar-refractivity contribution in [2.75, 3.05) is 28.7 Å². The average Bonchev–Trinajstić information content (AvgIpc) is 2.60. The van der Waals surface area contributed by atoms with Crippen molar-refractivity contribution in [3.8, 4) is 0 Å². The van der Waals surface area contributed by atoms with Crippen LogP contribution in [-0.4, -0.2) is 42.0 Å². The molecule has 1 saturated heterocycles. The summed E-state index contributed by atoms with van der Waals surface area (Å²) in [6.45, 7) is 8.49. The van der Waals surface area contributed by atoms with Gasteiger partial charge in [0.05, 0.1) is 17.0 Å². The van der Waals surface area contributed by atoms with Gasteiger partial charge >= 0.3 is 0 Å². The third kappa shape index (κ3) is 3.20. The second-order valence-corrected chi connectivity index (χ2v) is 7.84. The highest BCUT2D eigenvalue weighted by Crippen LogP contribution is 2.29. The molecule has 0 spiro atoms. The minimum Gasteiger partial charge on any atom is -0.370 e. The fourth-order valence-electron chi connectivity index (χ4n) is 2.48. The lowest BCUT2D eigenvalue weighted by molar-refractivity contribution is 0.571. The van der Waals surface area contributed by atoms with Gasteiger partial charge in [0.25, 0.3) is 0 Å². The van der Waals surface area contributed by atoms with Gasteiger partial charge in [-0.2, -0.15) is 0 Å². The molecular formula is C13H22N4O2S. The molecule has 0 amide bonds. The van der Waals surface area contributed by atoms with E-state index in [9.17, 15) is 8.42 Å². The van der Waals surface area contributed by atoms with Gasteiger partial charge in [0, 0.05) is 12.1 Å². The van der Waals surface area contributed by atoms with Crippen molar-refractivity contribution in [2.45, 2.75) is 39.7 Å². The van der Waals surface area contributed by atoms with E-state index in [2.05, 4.69) is 20.6 Å². The van der Waals surface area contributed by atoms with Gasteiger partial charge in [-0.25, -0.2) is 18.4 Å². The van der Waals surface area contributed by atoms with Crippen LogP contribution >= 0.6 is 0 Å². The molecule has 1 aromatic heterocycles. The lowest BCUT2D eigenvalue weighted by Gasteiger charge is -2.26. The van der Waals surface area contributed by atoms with Crippen molar-refractivity contribution in [3.05, 3.63) is 11.4 Å². The van der Waals surface area contributed by atoms with E-state index < -0.39 is 15.4 Å². The number of nitrogens with one attached hydrogen (secondary N) is 2. The van der Waals surface area contributed by atoms with Crippen LogP contribution in [0.5, 0.6) is 0 Å². The van der Waals surface area contributed by atoms with Crippen LogP contribution in [0.2, 0.25) is 0 Å². The van der Waals surface area contributed by atoms with Crippen LogP contribution < -0.4 is 10.6 Å². The largest absolute Gasteiger partial charge is 0.370 e. The van der Waals surface area contributed by atoms with Crippen molar-refractivity contribution in [1.82, 2.24) is 9.97 Å². The van der Waals surface area contributed by atoms with Crippen molar-refractivity contribution < 1.29 is 8.42 Å². The topological polar surface area (TPSA) is 84.0 Å². The molecule has 6 nitrogen and oxygen atoms in total. The van der Waals surface area contributed by atoms with E-state index in [0.29, 0.717) is 18.1 Å². The van der Waals surface area contributed by atoms with Gasteiger partial charge in [-0.3, -0.25) is 0 Å². The Balaban J connectivity index is 2.30. The SMILES string of the molecule is CCNc1nc(C)nc(NC2(C)CCS(=O)(=O)C2)c1C. The first kappa shape index (κ1) is 15.0. The number of rotatable bonds is 4. The Labute approximate surface area is 120 Å². The van der Waals surface area contributed by atoms with E-state index in [1.165, 1.54) is 0 Å². The minimum absolute atomic E-state index is 0.152. The maximum absolute atomic E-state index is 11.7. The zero-order valence-electron chi connectivity index (χ0n) is 12.4. The fraction of sp³-hybridized carbons (Fsp3) is 0.692.